The van der Waals surface area contributed by atoms with Crippen molar-refractivity contribution in [2.75, 3.05) is 7.11 Å². The van der Waals surface area contributed by atoms with Gasteiger partial charge in [0.1, 0.15) is 16.3 Å². The van der Waals surface area contributed by atoms with Gasteiger partial charge in [0.05, 0.1) is 30.7 Å². The zero-order valence-corrected chi connectivity index (χ0v) is 15.4. The van der Waals surface area contributed by atoms with E-state index in [1.807, 2.05) is 18.2 Å². The van der Waals surface area contributed by atoms with Gasteiger partial charge in [0.2, 0.25) is 10.0 Å². The summed E-state index contributed by atoms with van der Waals surface area (Å²) in [5.74, 6) is 0.801. The van der Waals surface area contributed by atoms with E-state index in [4.69, 9.17) is 9.26 Å². The van der Waals surface area contributed by atoms with Gasteiger partial charge < -0.3 is 9.26 Å². The Hall–Kier alpha value is -2.78. The topological polar surface area (TPSA) is 107 Å². The fourth-order valence-corrected chi connectivity index (χ4v) is 3.84. The zero-order chi connectivity index (χ0) is 18.7. The third kappa shape index (κ3) is 3.73. The molecule has 0 bridgehead atoms. The first-order valence-corrected chi connectivity index (χ1v) is 9.28. The summed E-state index contributed by atoms with van der Waals surface area (Å²) in [5.41, 5.74) is 2.07. The molecule has 0 unspecified atom stereocenters. The number of methoxy groups -OCH3 is 1. The highest BCUT2D eigenvalue weighted by Gasteiger charge is 2.24. The molecule has 26 heavy (non-hydrogen) atoms. The van der Waals surface area contributed by atoms with Crippen molar-refractivity contribution in [1.82, 2.24) is 19.8 Å². The van der Waals surface area contributed by atoms with Crippen LogP contribution in [0.1, 0.15) is 17.1 Å². The summed E-state index contributed by atoms with van der Waals surface area (Å²) in [5, 5.41) is 3.68. The third-order valence-corrected chi connectivity index (χ3v) is 5.34. The molecule has 3 aromatic heterocycles. The van der Waals surface area contributed by atoms with Crippen molar-refractivity contribution in [3.05, 3.63) is 53.7 Å². The Morgan fingerprint density at radius 1 is 1.19 bits per heavy atom. The number of pyridine rings is 2. The van der Waals surface area contributed by atoms with Gasteiger partial charge in [-0.15, -0.1) is 0 Å². The van der Waals surface area contributed by atoms with Crippen LogP contribution in [0.5, 0.6) is 5.75 Å². The summed E-state index contributed by atoms with van der Waals surface area (Å²) in [7, 11) is -2.24. The first kappa shape index (κ1) is 18.0. The van der Waals surface area contributed by atoms with Gasteiger partial charge in [-0.2, -0.15) is 0 Å². The average Bonchev–Trinajstić information content (AvgIpc) is 2.99. The van der Waals surface area contributed by atoms with E-state index >= 15 is 0 Å². The normalized spacial score (nSPS) is 11.5. The molecular weight excluding hydrogens is 356 g/mol. The molecule has 136 valence electrons. The number of sulfonamides is 1. The maximum Gasteiger partial charge on any atom is 0.246 e. The molecule has 0 spiro atoms. The number of aromatic nitrogens is 3. The number of hydrogen-bond acceptors (Lipinski definition) is 7. The Labute approximate surface area is 151 Å². The molecule has 8 nitrogen and oxygen atoms in total. The van der Waals surface area contributed by atoms with E-state index in [0.717, 1.165) is 0 Å². The van der Waals surface area contributed by atoms with E-state index < -0.39 is 10.0 Å². The van der Waals surface area contributed by atoms with Crippen molar-refractivity contribution in [2.24, 2.45) is 0 Å². The minimum atomic E-state index is -3.78. The van der Waals surface area contributed by atoms with Crippen LogP contribution in [0.2, 0.25) is 0 Å². The minimum Gasteiger partial charge on any atom is -0.497 e. The van der Waals surface area contributed by atoms with Gasteiger partial charge >= 0.3 is 0 Å². The molecule has 0 aliphatic heterocycles. The van der Waals surface area contributed by atoms with E-state index in [-0.39, 0.29) is 17.2 Å². The molecule has 3 heterocycles. The summed E-state index contributed by atoms with van der Waals surface area (Å²) in [4.78, 5) is 8.78. The molecule has 0 radical (unpaired) electrons. The first-order chi connectivity index (χ1) is 12.4. The van der Waals surface area contributed by atoms with Crippen molar-refractivity contribution in [3.63, 3.8) is 0 Å². The molecule has 3 aromatic rings. The van der Waals surface area contributed by atoms with Gasteiger partial charge in [-0.1, -0.05) is 11.2 Å². The molecule has 0 aliphatic rings. The number of rotatable bonds is 6. The lowest BCUT2D eigenvalue weighted by Crippen LogP contribution is -2.24. The van der Waals surface area contributed by atoms with Crippen LogP contribution in [0.15, 0.2) is 45.9 Å². The number of nitrogens with zero attached hydrogens (tertiary/aromatic N) is 3. The molecule has 0 atom stereocenters. The Balaban J connectivity index is 1.88. The standard InChI is InChI=1S/C17H18N4O4S/c1-11-17(12(2)25-21-11)26(22,23)19-10-13-8-14(24-3)9-16(20-13)15-6-4-5-7-18-15/h4-9,19H,10H2,1-3H3. The van der Waals surface area contributed by atoms with Crippen molar-refractivity contribution in [2.45, 2.75) is 25.3 Å². The van der Waals surface area contributed by atoms with Gasteiger partial charge in [-0.3, -0.25) is 4.98 Å². The molecule has 1 N–H and O–H groups in total. The van der Waals surface area contributed by atoms with Crippen molar-refractivity contribution in [3.8, 4) is 17.1 Å². The van der Waals surface area contributed by atoms with Crippen molar-refractivity contribution >= 4 is 10.0 Å². The van der Waals surface area contributed by atoms with Crippen LogP contribution < -0.4 is 9.46 Å². The summed E-state index contributed by atoms with van der Waals surface area (Å²) in [6, 6.07) is 8.89. The quantitative estimate of drug-likeness (QED) is 0.705. The molecule has 0 aromatic carbocycles. The van der Waals surface area contributed by atoms with E-state index in [9.17, 15) is 8.42 Å². The molecule has 0 saturated heterocycles. The van der Waals surface area contributed by atoms with Gasteiger partial charge in [-0.25, -0.2) is 18.1 Å². The smallest absolute Gasteiger partial charge is 0.246 e. The van der Waals surface area contributed by atoms with Crippen LogP contribution in [0.4, 0.5) is 0 Å². The second kappa shape index (κ2) is 7.22. The highest BCUT2D eigenvalue weighted by molar-refractivity contribution is 7.89. The fraction of sp³-hybridized carbons (Fsp3) is 0.235. The summed E-state index contributed by atoms with van der Waals surface area (Å²) in [6.45, 7) is 3.12. The lowest BCUT2D eigenvalue weighted by molar-refractivity contribution is 0.390. The van der Waals surface area contributed by atoms with Crippen molar-refractivity contribution in [1.29, 1.82) is 0 Å². The van der Waals surface area contributed by atoms with Gasteiger partial charge in [-0.05, 0) is 26.0 Å². The highest BCUT2D eigenvalue weighted by Crippen LogP contribution is 2.22. The van der Waals surface area contributed by atoms with Crippen LogP contribution in [0.3, 0.4) is 0 Å². The van der Waals surface area contributed by atoms with Gasteiger partial charge in [0.25, 0.3) is 0 Å². The molecule has 0 fully saturated rings. The van der Waals surface area contributed by atoms with Crippen LogP contribution >= 0.6 is 0 Å². The molecule has 3 rings (SSSR count). The van der Waals surface area contributed by atoms with Gasteiger partial charge in [0, 0.05) is 18.3 Å². The molecular formula is C17H18N4O4S. The van der Waals surface area contributed by atoms with E-state index in [0.29, 0.717) is 28.5 Å². The second-order valence-corrected chi connectivity index (χ2v) is 7.28. The largest absolute Gasteiger partial charge is 0.497 e. The summed E-state index contributed by atoms with van der Waals surface area (Å²) >= 11 is 0. The maximum absolute atomic E-state index is 12.5. The van der Waals surface area contributed by atoms with Crippen LogP contribution in [0, 0.1) is 13.8 Å². The molecule has 0 aliphatic carbocycles. The monoisotopic (exact) mass is 374 g/mol. The van der Waals surface area contributed by atoms with E-state index in [1.165, 1.54) is 7.11 Å². The fourth-order valence-electron chi connectivity index (χ4n) is 2.51. The van der Waals surface area contributed by atoms with Crippen LogP contribution in [0.25, 0.3) is 11.4 Å². The number of aryl methyl sites for hydroxylation is 2. The summed E-state index contributed by atoms with van der Waals surface area (Å²) in [6.07, 6.45) is 1.66. The zero-order valence-electron chi connectivity index (χ0n) is 14.6. The SMILES string of the molecule is COc1cc(CNS(=O)(=O)c2c(C)noc2C)nc(-c2ccccn2)c1. The van der Waals surface area contributed by atoms with Crippen LogP contribution in [-0.4, -0.2) is 30.7 Å². The second-order valence-electron chi connectivity index (χ2n) is 5.58. The lowest BCUT2D eigenvalue weighted by atomic mass is 10.2. The number of ether oxygens (including phenoxy) is 1. The van der Waals surface area contributed by atoms with E-state index in [1.54, 1.807) is 32.2 Å². The highest BCUT2D eigenvalue weighted by atomic mass is 32.2. The summed E-state index contributed by atoms with van der Waals surface area (Å²) < 4.78 is 37.8. The van der Waals surface area contributed by atoms with Gasteiger partial charge in [0.15, 0.2) is 5.76 Å². The Bertz CT molecular complexity index is 997. The predicted molar refractivity (Wildman–Crippen MR) is 94.0 cm³/mol. The molecule has 0 amide bonds. The number of hydrogen-bond donors (Lipinski definition) is 1. The average molecular weight is 374 g/mol. The van der Waals surface area contributed by atoms with Crippen molar-refractivity contribution < 1.29 is 17.7 Å². The molecule has 0 saturated carbocycles. The first-order valence-electron chi connectivity index (χ1n) is 7.79. The molecule has 9 heteroatoms. The minimum absolute atomic E-state index is 0.0105. The van der Waals surface area contributed by atoms with Crippen LogP contribution in [-0.2, 0) is 16.6 Å². The van der Waals surface area contributed by atoms with E-state index in [2.05, 4.69) is 19.8 Å². The number of nitrogens with one attached hydrogen (secondary N) is 1. The predicted octanol–water partition coefficient (Wildman–Crippen LogP) is 2.24. The Morgan fingerprint density at radius 2 is 2.00 bits per heavy atom. The lowest BCUT2D eigenvalue weighted by Gasteiger charge is -2.09. The maximum atomic E-state index is 12.5. The Morgan fingerprint density at radius 3 is 2.62 bits per heavy atom. The Kier molecular flexibility index (Phi) is 5.01. The third-order valence-electron chi connectivity index (χ3n) is 3.69.